The van der Waals surface area contributed by atoms with Crippen LogP contribution in [0.15, 0.2) is 41.3 Å². The predicted molar refractivity (Wildman–Crippen MR) is 138 cm³/mol. The molecule has 194 valence electrons. The Hall–Kier alpha value is -3.58. The molecule has 10 heteroatoms. The van der Waals surface area contributed by atoms with E-state index in [4.69, 9.17) is 0 Å². The van der Waals surface area contributed by atoms with Crippen LogP contribution in [-0.2, 0) is 6.54 Å². The number of nitrogens with one attached hydrogen (secondary N) is 3. The fourth-order valence-electron chi connectivity index (χ4n) is 4.87. The van der Waals surface area contributed by atoms with E-state index in [2.05, 4.69) is 37.8 Å². The van der Waals surface area contributed by atoms with Gasteiger partial charge in [-0.1, -0.05) is 24.7 Å². The number of nitrogens with zero attached hydrogens (tertiary/aromatic N) is 3. The second kappa shape index (κ2) is 10.8. The third-order valence-electron chi connectivity index (χ3n) is 6.78. The second-order valence-corrected chi connectivity index (χ2v) is 9.66. The molecule has 37 heavy (non-hydrogen) atoms. The van der Waals surface area contributed by atoms with Crippen LogP contribution in [0.2, 0.25) is 0 Å². The van der Waals surface area contributed by atoms with Gasteiger partial charge in [0, 0.05) is 34.9 Å². The van der Waals surface area contributed by atoms with E-state index in [0.29, 0.717) is 21.7 Å². The van der Waals surface area contributed by atoms with E-state index in [1.807, 2.05) is 24.3 Å². The molecule has 1 saturated carbocycles. The highest BCUT2D eigenvalue weighted by Crippen LogP contribution is 2.25. The molecule has 0 radical (unpaired) electrons. The van der Waals surface area contributed by atoms with E-state index in [1.165, 1.54) is 12.3 Å². The van der Waals surface area contributed by atoms with Gasteiger partial charge in [-0.15, -0.1) is 0 Å². The van der Waals surface area contributed by atoms with Crippen LogP contribution < -0.4 is 21.5 Å². The van der Waals surface area contributed by atoms with Gasteiger partial charge >= 0.3 is 6.18 Å². The van der Waals surface area contributed by atoms with E-state index in [9.17, 15) is 18.0 Å². The quantitative estimate of drug-likeness (QED) is 0.428. The number of anilines is 3. The number of piperidine rings is 1. The Kier molecular flexibility index (Phi) is 7.33. The van der Waals surface area contributed by atoms with Crippen LogP contribution in [0.3, 0.4) is 0 Å². The van der Waals surface area contributed by atoms with Crippen LogP contribution in [-0.4, -0.2) is 39.8 Å². The first-order valence-electron chi connectivity index (χ1n) is 12.7. The molecular weight excluding hydrogens is 481 g/mol. The van der Waals surface area contributed by atoms with Gasteiger partial charge in [0.1, 0.15) is 12.2 Å². The first-order valence-corrected chi connectivity index (χ1v) is 12.7. The molecule has 3 N–H and O–H groups in total. The number of hydrogen-bond donors (Lipinski definition) is 3. The first-order chi connectivity index (χ1) is 17.8. The predicted octanol–water partition coefficient (Wildman–Crippen LogP) is 4.80. The van der Waals surface area contributed by atoms with E-state index >= 15 is 0 Å². The average Bonchev–Trinajstić information content (AvgIpc) is 3.40. The fraction of sp³-hybridized carbons (Fsp3) is 0.444. The minimum Gasteiger partial charge on any atom is -0.382 e. The number of halogens is 3. The van der Waals surface area contributed by atoms with Crippen molar-refractivity contribution in [2.24, 2.45) is 5.92 Å². The molecule has 1 aliphatic carbocycles. The van der Waals surface area contributed by atoms with Gasteiger partial charge in [0.25, 0.3) is 5.56 Å². The summed E-state index contributed by atoms with van der Waals surface area (Å²) in [6, 6.07) is 9.46. The molecule has 1 aliphatic heterocycles. The molecule has 0 amide bonds. The molecule has 2 aliphatic rings. The van der Waals surface area contributed by atoms with Crippen molar-refractivity contribution >= 4 is 28.4 Å². The molecule has 2 aromatic heterocycles. The zero-order chi connectivity index (χ0) is 25.8. The zero-order valence-electron chi connectivity index (χ0n) is 20.4. The van der Waals surface area contributed by atoms with Crippen LogP contribution in [0.25, 0.3) is 11.0 Å². The molecule has 5 rings (SSSR count). The van der Waals surface area contributed by atoms with Crippen LogP contribution in [0.4, 0.5) is 30.5 Å². The fourth-order valence-corrected chi connectivity index (χ4v) is 4.87. The number of alkyl halides is 3. The van der Waals surface area contributed by atoms with Gasteiger partial charge < -0.3 is 16.0 Å². The van der Waals surface area contributed by atoms with Crippen LogP contribution in [0, 0.1) is 17.8 Å². The number of benzene rings is 1. The van der Waals surface area contributed by atoms with Crippen molar-refractivity contribution in [1.82, 2.24) is 19.9 Å². The van der Waals surface area contributed by atoms with Crippen molar-refractivity contribution in [3.05, 3.63) is 52.4 Å². The maximum atomic E-state index is 13.4. The van der Waals surface area contributed by atoms with Crippen LogP contribution in [0.5, 0.6) is 0 Å². The standard InChI is InChI=1S/C27H29F3N6O/c28-27(29,30)17-36-24-20(15-19(25(36)37)6-5-18-3-1-2-4-18)16-32-26(35-24)34-22-9-7-21(8-10-22)33-23-11-13-31-14-12-23/h7-10,15-16,18,23,31,33H,1-4,11-14,17H2,(H,32,34,35). The topological polar surface area (TPSA) is 83.9 Å². The molecule has 0 unspecified atom stereocenters. The van der Waals surface area contributed by atoms with Gasteiger partial charge in [0.15, 0.2) is 0 Å². The van der Waals surface area contributed by atoms with Crippen LogP contribution >= 0.6 is 0 Å². The summed E-state index contributed by atoms with van der Waals surface area (Å²) in [5.74, 6) is 6.17. The van der Waals surface area contributed by atoms with Crippen molar-refractivity contribution in [2.45, 2.75) is 57.3 Å². The number of fused-ring (bicyclic) bond motifs is 1. The average molecular weight is 511 g/mol. The summed E-state index contributed by atoms with van der Waals surface area (Å²) in [7, 11) is 0. The molecule has 1 saturated heterocycles. The van der Waals surface area contributed by atoms with Gasteiger partial charge in [0.05, 0.1) is 5.56 Å². The van der Waals surface area contributed by atoms with E-state index in [1.54, 1.807) is 0 Å². The summed E-state index contributed by atoms with van der Waals surface area (Å²) in [5, 5.41) is 10.2. The smallest absolute Gasteiger partial charge is 0.382 e. The lowest BCUT2D eigenvalue weighted by Gasteiger charge is -2.24. The number of aromatic nitrogens is 3. The highest BCUT2D eigenvalue weighted by molar-refractivity contribution is 5.77. The van der Waals surface area contributed by atoms with Crippen molar-refractivity contribution in [3.8, 4) is 11.8 Å². The lowest BCUT2D eigenvalue weighted by Crippen LogP contribution is -2.35. The van der Waals surface area contributed by atoms with E-state index in [-0.39, 0.29) is 23.1 Å². The Balaban J connectivity index is 1.40. The summed E-state index contributed by atoms with van der Waals surface area (Å²) in [6.45, 7) is 0.532. The SMILES string of the molecule is O=c1c(C#CC2CCCC2)cc2cnc(Nc3ccc(NC4CCNCC4)cc3)nc2n1CC(F)(F)F. The molecule has 2 fully saturated rings. The first kappa shape index (κ1) is 25.1. The molecule has 3 heterocycles. The Morgan fingerprint density at radius 1 is 1.05 bits per heavy atom. The summed E-state index contributed by atoms with van der Waals surface area (Å²) in [6.07, 6.45) is 2.99. The van der Waals surface area contributed by atoms with Crippen molar-refractivity contribution in [1.29, 1.82) is 0 Å². The van der Waals surface area contributed by atoms with Gasteiger partial charge in [-0.3, -0.25) is 9.36 Å². The minimum atomic E-state index is -4.59. The lowest BCUT2D eigenvalue weighted by atomic mass is 10.1. The minimum absolute atomic E-state index is 0.0322. The summed E-state index contributed by atoms with van der Waals surface area (Å²) in [4.78, 5) is 21.6. The molecular formula is C27H29F3N6O. The highest BCUT2D eigenvalue weighted by atomic mass is 19.4. The summed E-state index contributed by atoms with van der Waals surface area (Å²) >= 11 is 0. The third-order valence-corrected chi connectivity index (χ3v) is 6.78. The molecule has 3 aromatic rings. The van der Waals surface area contributed by atoms with Gasteiger partial charge in [-0.2, -0.15) is 18.2 Å². The molecule has 0 bridgehead atoms. The lowest BCUT2D eigenvalue weighted by molar-refractivity contribution is -0.140. The Bertz CT molecular complexity index is 1360. The van der Waals surface area contributed by atoms with E-state index < -0.39 is 18.3 Å². The van der Waals surface area contributed by atoms with Crippen molar-refractivity contribution in [2.75, 3.05) is 23.7 Å². The largest absolute Gasteiger partial charge is 0.406 e. The maximum absolute atomic E-state index is 13.4. The summed E-state index contributed by atoms with van der Waals surface area (Å²) < 4.78 is 40.9. The van der Waals surface area contributed by atoms with Gasteiger partial charge in [-0.25, -0.2) is 4.98 Å². The number of hydrogen-bond acceptors (Lipinski definition) is 6. The zero-order valence-corrected chi connectivity index (χ0v) is 20.4. The molecule has 0 spiro atoms. The van der Waals surface area contributed by atoms with Gasteiger partial charge in [0.2, 0.25) is 5.95 Å². The number of rotatable bonds is 5. The van der Waals surface area contributed by atoms with Crippen molar-refractivity contribution in [3.63, 3.8) is 0 Å². The highest BCUT2D eigenvalue weighted by Gasteiger charge is 2.30. The Morgan fingerprint density at radius 2 is 1.76 bits per heavy atom. The summed E-state index contributed by atoms with van der Waals surface area (Å²) in [5.41, 5.74) is 0.815. The van der Waals surface area contributed by atoms with Crippen LogP contribution in [0.1, 0.15) is 44.1 Å². The Morgan fingerprint density at radius 3 is 2.46 bits per heavy atom. The Labute approximate surface area is 212 Å². The van der Waals surface area contributed by atoms with Gasteiger partial charge in [-0.05, 0) is 69.1 Å². The monoisotopic (exact) mass is 510 g/mol. The third kappa shape index (κ3) is 6.41. The molecule has 7 nitrogen and oxygen atoms in total. The number of pyridine rings is 1. The second-order valence-electron chi connectivity index (χ2n) is 9.66. The van der Waals surface area contributed by atoms with E-state index in [0.717, 1.165) is 57.3 Å². The molecule has 1 aromatic carbocycles. The molecule has 0 atom stereocenters. The maximum Gasteiger partial charge on any atom is 0.406 e. The van der Waals surface area contributed by atoms with Crippen molar-refractivity contribution < 1.29 is 13.2 Å². The normalized spacial score (nSPS) is 16.9.